The average molecular weight is 296 g/mol. The van der Waals surface area contributed by atoms with Crippen LogP contribution >= 0.6 is 0 Å². The van der Waals surface area contributed by atoms with Crippen LogP contribution in [-0.2, 0) is 10.0 Å². The lowest BCUT2D eigenvalue weighted by Gasteiger charge is -2.08. The van der Waals surface area contributed by atoms with Gasteiger partial charge in [-0.2, -0.15) is 0 Å². The van der Waals surface area contributed by atoms with Crippen molar-refractivity contribution in [3.05, 3.63) is 64.5 Å². The second-order valence-electron chi connectivity index (χ2n) is 3.84. The number of benzene rings is 2. The van der Waals surface area contributed by atoms with Crippen LogP contribution < -0.4 is 4.72 Å². The molecule has 8 heteroatoms. The summed E-state index contributed by atoms with van der Waals surface area (Å²) in [5.41, 5.74) is -0.416. The van der Waals surface area contributed by atoms with Crippen molar-refractivity contribution in [3.63, 3.8) is 0 Å². The van der Waals surface area contributed by atoms with E-state index < -0.39 is 20.8 Å². The summed E-state index contributed by atoms with van der Waals surface area (Å²) >= 11 is 0. The SMILES string of the molecule is O=[N+]([O-])c1ccc(S(=O)(=O)Nc2ccccc2F)cc1. The zero-order valence-electron chi connectivity index (χ0n) is 9.99. The maximum Gasteiger partial charge on any atom is 0.269 e. The van der Waals surface area contributed by atoms with E-state index in [1.807, 2.05) is 0 Å². The molecule has 1 N–H and O–H groups in total. The molecule has 0 heterocycles. The van der Waals surface area contributed by atoms with E-state index in [2.05, 4.69) is 4.72 Å². The van der Waals surface area contributed by atoms with Crippen molar-refractivity contribution in [2.24, 2.45) is 0 Å². The summed E-state index contributed by atoms with van der Waals surface area (Å²) in [6.07, 6.45) is 0. The molecule has 6 nitrogen and oxygen atoms in total. The van der Waals surface area contributed by atoms with Gasteiger partial charge in [-0.25, -0.2) is 12.8 Å². The average Bonchev–Trinajstić information content (AvgIpc) is 2.41. The molecule has 2 aromatic carbocycles. The zero-order chi connectivity index (χ0) is 14.8. The Hall–Kier alpha value is -2.48. The van der Waals surface area contributed by atoms with Gasteiger partial charge in [0.05, 0.1) is 15.5 Å². The van der Waals surface area contributed by atoms with E-state index in [0.717, 1.165) is 30.3 Å². The summed E-state index contributed by atoms with van der Waals surface area (Å²) in [7, 11) is -3.99. The first-order valence-corrected chi connectivity index (χ1v) is 6.90. The first-order valence-electron chi connectivity index (χ1n) is 5.42. The van der Waals surface area contributed by atoms with Crippen molar-refractivity contribution < 1.29 is 17.7 Å². The third-order valence-electron chi connectivity index (χ3n) is 2.48. The van der Waals surface area contributed by atoms with Gasteiger partial charge in [0.2, 0.25) is 0 Å². The van der Waals surface area contributed by atoms with Gasteiger partial charge in [-0.05, 0) is 24.3 Å². The predicted molar refractivity (Wildman–Crippen MR) is 70.3 cm³/mol. The van der Waals surface area contributed by atoms with Crippen LogP contribution in [0.25, 0.3) is 0 Å². The molecule has 2 rings (SSSR count). The minimum absolute atomic E-state index is 0.189. The second kappa shape index (κ2) is 5.25. The van der Waals surface area contributed by atoms with Gasteiger partial charge < -0.3 is 0 Å². The van der Waals surface area contributed by atoms with E-state index in [4.69, 9.17) is 0 Å². The normalized spacial score (nSPS) is 11.1. The molecule has 0 unspecified atom stereocenters. The molecule has 0 bridgehead atoms. The van der Waals surface area contributed by atoms with E-state index in [0.29, 0.717) is 0 Å². The highest BCUT2D eigenvalue weighted by Crippen LogP contribution is 2.20. The minimum Gasteiger partial charge on any atom is -0.277 e. The van der Waals surface area contributed by atoms with Gasteiger partial charge in [-0.15, -0.1) is 0 Å². The van der Waals surface area contributed by atoms with Crippen molar-refractivity contribution in [2.45, 2.75) is 4.90 Å². The summed E-state index contributed by atoms with van der Waals surface area (Å²) in [5.74, 6) is -0.710. The van der Waals surface area contributed by atoms with Crippen LogP contribution in [0, 0.1) is 15.9 Å². The molecule has 0 amide bonds. The Bertz CT molecular complexity index is 744. The molecule has 0 aliphatic rings. The Balaban J connectivity index is 2.31. The Morgan fingerprint density at radius 3 is 2.20 bits per heavy atom. The Kier molecular flexibility index (Phi) is 3.66. The maximum atomic E-state index is 13.4. The fourth-order valence-electron chi connectivity index (χ4n) is 1.49. The van der Waals surface area contributed by atoms with Crippen LogP contribution in [0.4, 0.5) is 15.8 Å². The molecule has 0 aliphatic heterocycles. The molecule has 0 aliphatic carbocycles. The minimum atomic E-state index is -3.99. The highest BCUT2D eigenvalue weighted by atomic mass is 32.2. The second-order valence-corrected chi connectivity index (χ2v) is 5.52. The Morgan fingerprint density at radius 1 is 1.05 bits per heavy atom. The van der Waals surface area contributed by atoms with Crippen LogP contribution in [0.2, 0.25) is 0 Å². The third kappa shape index (κ3) is 2.91. The molecule has 0 spiro atoms. The largest absolute Gasteiger partial charge is 0.277 e. The molecule has 2 aromatic rings. The van der Waals surface area contributed by atoms with E-state index in [-0.39, 0.29) is 16.3 Å². The van der Waals surface area contributed by atoms with Crippen molar-refractivity contribution >= 4 is 21.4 Å². The van der Waals surface area contributed by atoms with Gasteiger partial charge in [0, 0.05) is 12.1 Å². The van der Waals surface area contributed by atoms with Crippen LogP contribution in [-0.4, -0.2) is 13.3 Å². The number of para-hydroxylation sites is 1. The molecule has 0 aromatic heterocycles. The Morgan fingerprint density at radius 2 is 1.65 bits per heavy atom. The molecular weight excluding hydrogens is 287 g/mol. The zero-order valence-corrected chi connectivity index (χ0v) is 10.8. The number of sulfonamides is 1. The summed E-state index contributed by atoms with van der Waals surface area (Å²) < 4.78 is 39.4. The van der Waals surface area contributed by atoms with Gasteiger partial charge in [0.15, 0.2) is 0 Å². The maximum absolute atomic E-state index is 13.4. The highest BCUT2D eigenvalue weighted by Gasteiger charge is 2.17. The van der Waals surface area contributed by atoms with Gasteiger partial charge in [0.25, 0.3) is 15.7 Å². The van der Waals surface area contributed by atoms with Gasteiger partial charge >= 0.3 is 0 Å². The predicted octanol–water partition coefficient (Wildman–Crippen LogP) is 2.53. The molecule has 0 atom stereocenters. The number of halogens is 1. The molecule has 104 valence electrons. The van der Waals surface area contributed by atoms with Crippen LogP contribution in [0.15, 0.2) is 53.4 Å². The molecule has 20 heavy (non-hydrogen) atoms. The van der Waals surface area contributed by atoms with E-state index >= 15 is 0 Å². The topological polar surface area (TPSA) is 89.3 Å². The van der Waals surface area contributed by atoms with Crippen molar-refractivity contribution in [2.75, 3.05) is 4.72 Å². The van der Waals surface area contributed by atoms with Crippen molar-refractivity contribution in [1.82, 2.24) is 0 Å². The molecule has 0 saturated carbocycles. The lowest BCUT2D eigenvalue weighted by Crippen LogP contribution is -2.13. The van der Waals surface area contributed by atoms with Gasteiger partial charge in [0.1, 0.15) is 5.82 Å². The standard InChI is InChI=1S/C12H9FN2O4S/c13-11-3-1-2-4-12(11)14-20(18,19)10-7-5-9(6-8-10)15(16)17/h1-8,14H. The number of nitro benzene ring substituents is 1. The molecular formula is C12H9FN2O4S. The fraction of sp³-hybridized carbons (Fsp3) is 0. The van der Waals surface area contributed by atoms with Crippen LogP contribution in [0.3, 0.4) is 0 Å². The Labute approximate surface area is 114 Å². The number of rotatable bonds is 4. The number of non-ortho nitro benzene ring substituents is 1. The molecule has 0 radical (unpaired) electrons. The highest BCUT2D eigenvalue weighted by molar-refractivity contribution is 7.92. The number of nitro groups is 1. The lowest BCUT2D eigenvalue weighted by molar-refractivity contribution is -0.384. The summed E-state index contributed by atoms with van der Waals surface area (Å²) in [6.45, 7) is 0. The van der Waals surface area contributed by atoms with E-state index in [1.165, 1.54) is 18.2 Å². The number of hydrogen-bond acceptors (Lipinski definition) is 4. The van der Waals surface area contributed by atoms with Gasteiger partial charge in [-0.1, -0.05) is 12.1 Å². The number of nitrogens with zero attached hydrogens (tertiary/aromatic N) is 1. The third-order valence-corrected chi connectivity index (χ3v) is 3.86. The number of hydrogen-bond donors (Lipinski definition) is 1. The quantitative estimate of drug-likeness (QED) is 0.693. The first kappa shape index (κ1) is 13.9. The summed E-state index contributed by atoms with van der Waals surface area (Å²) in [5, 5.41) is 10.5. The number of anilines is 1. The summed E-state index contributed by atoms with van der Waals surface area (Å²) in [6, 6.07) is 9.61. The van der Waals surface area contributed by atoms with Crippen LogP contribution in [0.5, 0.6) is 0 Å². The monoisotopic (exact) mass is 296 g/mol. The first-order chi connectivity index (χ1) is 9.40. The smallest absolute Gasteiger partial charge is 0.269 e. The lowest BCUT2D eigenvalue weighted by atomic mass is 10.3. The summed E-state index contributed by atoms with van der Waals surface area (Å²) in [4.78, 5) is 9.66. The van der Waals surface area contributed by atoms with E-state index in [1.54, 1.807) is 0 Å². The van der Waals surface area contributed by atoms with E-state index in [9.17, 15) is 22.9 Å². The molecule has 0 fully saturated rings. The van der Waals surface area contributed by atoms with Crippen molar-refractivity contribution in [3.8, 4) is 0 Å². The molecule has 0 saturated heterocycles. The van der Waals surface area contributed by atoms with Crippen molar-refractivity contribution in [1.29, 1.82) is 0 Å². The fourth-order valence-corrected chi connectivity index (χ4v) is 2.56. The van der Waals surface area contributed by atoms with Gasteiger partial charge in [-0.3, -0.25) is 14.8 Å². The van der Waals surface area contributed by atoms with Crippen LogP contribution in [0.1, 0.15) is 0 Å². The number of nitrogens with one attached hydrogen (secondary N) is 1.